The van der Waals surface area contributed by atoms with Gasteiger partial charge >= 0.3 is 0 Å². The molecule has 1 saturated carbocycles. The molecule has 0 heterocycles. The van der Waals surface area contributed by atoms with E-state index in [9.17, 15) is 4.39 Å². The average Bonchev–Trinajstić information content (AvgIpc) is 2.32. The quantitative estimate of drug-likeness (QED) is 0.868. The van der Waals surface area contributed by atoms with Crippen molar-refractivity contribution in [3.63, 3.8) is 0 Å². The van der Waals surface area contributed by atoms with Crippen LogP contribution < -0.4 is 5.73 Å². The molecule has 2 unspecified atom stereocenters. The van der Waals surface area contributed by atoms with Crippen LogP contribution in [0.4, 0.5) is 4.39 Å². The smallest absolute Gasteiger partial charge is 0.123 e. The monoisotopic (exact) mass is 263 g/mol. The van der Waals surface area contributed by atoms with Crippen molar-refractivity contribution < 1.29 is 4.39 Å². The van der Waals surface area contributed by atoms with E-state index in [1.54, 1.807) is 12.1 Å². The van der Waals surface area contributed by atoms with Gasteiger partial charge < -0.3 is 5.73 Å². The van der Waals surface area contributed by atoms with Gasteiger partial charge in [-0.1, -0.05) is 32.8 Å². The third-order valence-electron chi connectivity index (χ3n) is 4.87. The number of aryl methyl sites for hydroxylation is 1. The van der Waals surface area contributed by atoms with Gasteiger partial charge in [-0.3, -0.25) is 0 Å². The number of nitrogens with two attached hydrogens (primary N) is 1. The molecule has 0 amide bonds. The maximum atomic E-state index is 13.1. The minimum Gasteiger partial charge on any atom is -0.327 e. The molecule has 2 N–H and O–H groups in total. The highest BCUT2D eigenvalue weighted by atomic mass is 19.1. The summed E-state index contributed by atoms with van der Waals surface area (Å²) in [5, 5.41) is 0. The van der Waals surface area contributed by atoms with Crippen molar-refractivity contribution >= 4 is 0 Å². The van der Waals surface area contributed by atoms with Crippen molar-refractivity contribution in [3.8, 4) is 0 Å². The van der Waals surface area contributed by atoms with Crippen LogP contribution in [-0.2, 0) is 6.42 Å². The van der Waals surface area contributed by atoms with Crippen LogP contribution in [-0.4, -0.2) is 6.04 Å². The fraction of sp³-hybridized carbons (Fsp3) is 0.647. The Morgan fingerprint density at radius 1 is 1.37 bits per heavy atom. The second-order valence-electron chi connectivity index (χ2n) is 6.78. The molecule has 0 bridgehead atoms. The molecule has 2 atom stereocenters. The maximum Gasteiger partial charge on any atom is 0.123 e. The highest BCUT2D eigenvalue weighted by Crippen LogP contribution is 2.42. The standard InChI is InChI=1S/C17H26FN/c1-12-10-14(18)8-7-13(12)11-16(19)15-6-4-5-9-17(15,2)3/h7-8,10,15-16H,4-6,9,11,19H2,1-3H3. The lowest BCUT2D eigenvalue weighted by Crippen LogP contribution is -2.43. The Hall–Kier alpha value is -0.890. The van der Waals surface area contributed by atoms with Crippen molar-refractivity contribution in [2.24, 2.45) is 17.1 Å². The molecule has 19 heavy (non-hydrogen) atoms. The molecule has 1 aliphatic carbocycles. The maximum absolute atomic E-state index is 13.1. The van der Waals surface area contributed by atoms with Crippen LogP contribution in [0.1, 0.15) is 50.7 Å². The molecule has 1 aromatic rings. The summed E-state index contributed by atoms with van der Waals surface area (Å²) in [4.78, 5) is 0. The molecule has 1 fully saturated rings. The van der Waals surface area contributed by atoms with Gasteiger partial charge in [0.05, 0.1) is 0 Å². The molecule has 106 valence electrons. The Balaban J connectivity index is 2.09. The van der Waals surface area contributed by atoms with Gasteiger partial charge in [0.25, 0.3) is 0 Å². The number of rotatable bonds is 3. The van der Waals surface area contributed by atoms with Crippen molar-refractivity contribution in [2.75, 3.05) is 0 Å². The fourth-order valence-corrected chi connectivity index (χ4v) is 3.60. The fourth-order valence-electron chi connectivity index (χ4n) is 3.60. The summed E-state index contributed by atoms with van der Waals surface area (Å²) in [5.41, 5.74) is 9.02. The van der Waals surface area contributed by atoms with Crippen LogP contribution in [0.3, 0.4) is 0 Å². The largest absolute Gasteiger partial charge is 0.327 e. The van der Waals surface area contributed by atoms with Gasteiger partial charge in [0.15, 0.2) is 0 Å². The lowest BCUT2D eigenvalue weighted by Gasteiger charge is -2.42. The van der Waals surface area contributed by atoms with Crippen molar-refractivity contribution in [1.82, 2.24) is 0 Å². The number of hydrogen-bond acceptors (Lipinski definition) is 1. The van der Waals surface area contributed by atoms with Gasteiger partial charge in [-0.05, 0) is 60.8 Å². The SMILES string of the molecule is Cc1cc(F)ccc1CC(N)C1CCCCC1(C)C. The second kappa shape index (κ2) is 5.62. The Labute approximate surface area is 116 Å². The summed E-state index contributed by atoms with van der Waals surface area (Å²) in [6, 6.07) is 5.22. The van der Waals surface area contributed by atoms with Crippen LogP contribution in [0.2, 0.25) is 0 Å². The zero-order valence-corrected chi connectivity index (χ0v) is 12.4. The molecule has 0 radical (unpaired) electrons. The third kappa shape index (κ3) is 3.36. The van der Waals surface area contributed by atoms with Crippen molar-refractivity contribution in [2.45, 2.75) is 58.9 Å². The van der Waals surface area contributed by atoms with E-state index in [1.807, 2.05) is 13.0 Å². The Bertz CT molecular complexity index is 439. The Morgan fingerprint density at radius 2 is 2.11 bits per heavy atom. The van der Waals surface area contributed by atoms with Gasteiger partial charge in [-0.25, -0.2) is 4.39 Å². The Morgan fingerprint density at radius 3 is 2.74 bits per heavy atom. The first-order chi connectivity index (χ1) is 8.90. The first-order valence-electron chi connectivity index (χ1n) is 7.41. The first-order valence-corrected chi connectivity index (χ1v) is 7.41. The normalized spacial score (nSPS) is 24.2. The van der Waals surface area contributed by atoms with Gasteiger partial charge in [-0.2, -0.15) is 0 Å². The van der Waals surface area contributed by atoms with Gasteiger partial charge in [0, 0.05) is 6.04 Å². The molecule has 1 nitrogen and oxygen atoms in total. The molecule has 0 aromatic heterocycles. The van der Waals surface area contributed by atoms with E-state index in [1.165, 1.54) is 31.2 Å². The summed E-state index contributed by atoms with van der Waals surface area (Å²) < 4.78 is 13.1. The second-order valence-corrected chi connectivity index (χ2v) is 6.78. The molecule has 1 aromatic carbocycles. The lowest BCUT2D eigenvalue weighted by atomic mass is 9.65. The zero-order chi connectivity index (χ0) is 14.0. The number of halogens is 1. The summed E-state index contributed by atoms with van der Waals surface area (Å²) >= 11 is 0. The summed E-state index contributed by atoms with van der Waals surface area (Å²) in [6.07, 6.45) is 5.98. The minimum absolute atomic E-state index is 0.159. The molecule has 2 heteroatoms. The predicted molar refractivity (Wildman–Crippen MR) is 78.6 cm³/mol. The topological polar surface area (TPSA) is 26.0 Å². The predicted octanol–water partition coefficient (Wildman–Crippen LogP) is 4.22. The van der Waals surface area contributed by atoms with Crippen LogP contribution in [0, 0.1) is 24.1 Å². The Kier molecular flexibility index (Phi) is 4.29. The van der Waals surface area contributed by atoms with E-state index in [2.05, 4.69) is 13.8 Å². The highest BCUT2D eigenvalue weighted by molar-refractivity contribution is 5.27. The molecule has 2 rings (SSSR count). The van der Waals surface area contributed by atoms with E-state index >= 15 is 0 Å². The first kappa shape index (κ1) is 14.5. The molecular formula is C17H26FN. The third-order valence-corrected chi connectivity index (χ3v) is 4.87. The summed E-state index contributed by atoms with van der Waals surface area (Å²) in [7, 11) is 0. The van der Waals surface area contributed by atoms with Crippen LogP contribution in [0.15, 0.2) is 18.2 Å². The average molecular weight is 263 g/mol. The van der Waals surface area contributed by atoms with E-state index in [4.69, 9.17) is 5.73 Å². The van der Waals surface area contributed by atoms with Crippen molar-refractivity contribution in [1.29, 1.82) is 0 Å². The van der Waals surface area contributed by atoms with Crippen molar-refractivity contribution in [3.05, 3.63) is 35.1 Å². The lowest BCUT2D eigenvalue weighted by molar-refractivity contribution is 0.112. The summed E-state index contributed by atoms with van der Waals surface area (Å²) in [6.45, 7) is 6.65. The minimum atomic E-state index is -0.159. The van der Waals surface area contributed by atoms with Gasteiger partial charge in [-0.15, -0.1) is 0 Å². The molecule has 0 saturated heterocycles. The number of benzene rings is 1. The van der Waals surface area contributed by atoms with E-state index < -0.39 is 0 Å². The van der Waals surface area contributed by atoms with E-state index in [0.29, 0.717) is 11.3 Å². The van der Waals surface area contributed by atoms with Crippen LogP contribution >= 0.6 is 0 Å². The molecule has 1 aliphatic rings. The highest BCUT2D eigenvalue weighted by Gasteiger charge is 2.35. The van der Waals surface area contributed by atoms with E-state index in [0.717, 1.165) is 12.0 Å². The zero-order valence-electron chi connectivity index (χ0n) is 12.4. The van der Waals surface area contributed by atoms with E-state index in [-0.39, 0.29) is 11.9 Å². The molecular weight excluding hydrogens is 237 g/mol. The summed E-state index contributed by atoms with van der Waals surface area (Å²) in [5.74, 6) is 0.415. The van der Waals surface area contributed by atoms with Gasteiger partial charge in [0.2, 0.25) is 0 Å². The molecule has 0 aliphatic heterocycles. The number of hydrogen-bond donors (Lipinski definition) is 1. The van der Waals surface area contributed by atoms with Crippen LogP contribution in [0.25, 0.3) is 0 Å². The van der Waals surface area contributed by atoms with Gasteiger partial charge in [0.1, 0.15) is 5.82 Å². The molecule has 0 spiro atoms. The van der Waals surface area contributed by atoms with Crippen LogP contribution in [0.5, 0.6) is 0 Å².